The summed E-state index contributed by atoms with van der Waals surface area (Å²) in [5, 5.41) is 8.63. The van der Waals surface area contributed by atoms with Gasteiger partial charge < -0.3 is 9.84 Å². The van der Waals surface area contributed by atoms with Gasteiger partial charge >= 0.3 is 22.3 Å². The first-order valence-electron chi connectivity index (χ1n) is 4.84. The highest BCUT2D eigenvalue weighted by Gasteiger charge is 2.24. The fraction of sp³-hybridized carbons (Fsp3) is 0.750. The summed E-state index contributed by atoms with van der Waals surface area (Å²) in [6, 6.07) is 0. The lowest BCUT2D eigenvalue weighted by atomic mass is 10.2. The van der Waals surface area contributed by atoms with E-state index < -0.39 is 28.2 Å². The smallest absolute Gasteiger partial charge is 0.421 e. The van der Waals surface area contributed by atoms with Gasteiger partial charge in [0.25, 0.3) is 0 Å². The van der Waals surface area contributed by atoms with Gasteiger partial charge in [-0.1, -0.05) is 6.92 Å². The number of hydrogen-bond donors (Lipinski definition) is 2. The highest BCUT2D eigenvalue weighted by molar-refractivity contribution is 7.87. The van der Waals surface area contributed by atoms with E-state index in [1.54, 1.807) is 4.72 Å². The van der Waals surface area contributed by atoms with E-state index in [0.717, 1.165) is 4.31 Å². The number of aliphatic carboxylic acids is 1. The summed E-state index contributed by atoms with van der Waals surface area (Å²) >= 11 is 0. The lowest BCUT2D eigenvalue weighted by Gasteiger charge is -2.18. The van der Waals surface area contributed by atoms with E-state index in [9.17, 15) is 18.0 Å². The Morgan fingerprint density at radius 3 is 2.41 bits per heavy atom. The van der Waals surface area contributed by atoms with Crippen LogP contribution in [0.2, 0.25) is 0 Å². The molecular weight excluding hydrogens is 252 g/mol. The molecule has 1 unspecified atom stereocenters. The van der Waals surface area contributed by atoms with E-state index >= 15 is 0 Å². The lowest BCUT2D eigenvalue weighted by molar-refractivity contribution is -0.141. The summed E-state index contributed by atoms with van der Waals surface area (Å²) in [7, 11) is -2.90. The van der Waals surface area contributed by atoms with Crippen molar-refractivity contribution >= 4 is 22.3 Å². The molecule has 0 aromatic rings. The number of carbonyl (C=O) groups excluding carboxylic acids is 1. The number of carbonyl (C=O) groups is 2. The van der Waals surface area contributed by atoms with Crippen LogP contribution >= 0.6 is 0 Å². The number of nitrogens with one attached hydrogen (secondary N) is 1. The molecule has 0 aromatic carbocycles. The van der Waals surface area contributed by atoms with Crippen molar-refractivity contribution in [1.82, 2.24) is 9.03 Å². The predicted octanol–water partition coefficient (Wildman–Crippen LogP) is -0.370. The van der Waals surface area contributed by atoms with Crippen molar-refractivity contribution in [3.05, 3.63) is 0 Å². The Morgan fingerprint density at radius 2 is 2.00 bits per heavy atom. The van der Waals surface area contributed by atoms with Crippen molar-refractivity contribution in [3.63, 3.8) is 0 Å². The molecule has 17 heavy (non-hydrogen) atoms. The highest BCUT2D eigenvalue weighted by Crippen LogP contribution is 2.02. The Morgan fingerprint density at radius 1 is 1.47 bits per heavy atom. The first-order valence-corrected chi connectivity index (χ1v) is 6.28. The van der Waals surface area contributed by atoms with Crippen molar-refractivity contribution < 1.29 is 27.9 Å². The number of hydrogen-bond acceptors (Lipinski definition) is 5. The molecule has 0 aliphatic heterocycles. The van der Waals surface area contributed by atoms with E-state index in [2.05, 4.69) is 4.74 Å². The van der Waals surface area contributed by atoms with E-state index in [1.807, 2.05) is 0 Å². The van der Waals surface area contributed by atoms with Crippen LogP contribution in [-0.4, -0.2) is 50.1 Å². The van der Waals surface area contributed by atoms with Gasteiger partial charge in [-0.2, -0.15) is 12.7 Å². The van der Waals surface area contributed by atoms with E-state index in [4.69, 9.17) is 5.11 Å². The Bertz CT molecular complexity index is 379. The number of rotatable bonds is 6. The average molecular weight is 268 g/mol. The lowest BCUT2D eigenvalue weighted by Crippen LogP contribution is -2.44. The van der Waals surface area contributed by atoms with Crippen LogP contribution < -0.4 is 4.72 Å². The predicted molar refractivity (Wildman–Crippen MR) is 58.5 cm³/mol. The highest BCUT2D eigenvalue weighted by atomic mass is 32.2. The molecule has 8 nitrogen and oxygen atoms in total. The van der Waals surface area contributed by atoms with Crippen molar-refractivity contribution in [2.45, 2.75) is 13.8 Å². The summed E-state index contributed by atoms with van der Waals surface area (Å²) in [6.45, 7) is 2.68. The zero-order valence-corrected chi connectivity index (χ0v) is 10.7. The van der Waals surface area contributed by atoms with E-state index in [0.29, 0.717) is 0 Å². The van der Waals surface area contributed by atoms with Crippen molar-refractivity contribution in [1.29, 1.82) is 0 Å². The first-order chi connectivity index (χ1) is 7.70. The third-order valence-electron chi connectivity index (χ3n) is 1.85. The molecule has 0 rings (SSSR count). The third kappa shape index (κ3) is 5.50. The Balaban J connectivity index is 4.50. The van der Waals surface area contributed by atoms with Gasteiger partial charge in [0, 0.05) is 13.6 Å². The SMILES string of the molecule is CCOC(=O)NS(=O)(=O)N(C)CC(C)C(=O)O. The first kappa shape index (κ1) is 15.7. The molecule has 0 saturated heterocycles. The van der Waals surface area contributed by atoms with Gasteiger partial charge in [0.1, 0.15) is 0 Å². The number of nitrogens with zero attached hydrogens (tertiary/aromatic N) is 1. The fourth-order valence-electron chi connectivity index (χ4n) is 0.906. The van der Waals surface area contributed by atoms with Crippen molar-refractivity contribution in [3.8, 4) is 0 Å². The van der Waals surface area contributed by atoms with Gasteiger partial charge in [-0.3, -0.25) is 4.79 Å². The standard InChI is InChI=1S/C8H16N2O6S/c1-4-16-8(13)9-17(14,15)10(3)5-6(2)7(11)12/h6H,4-5H2,1-3H3,(H,9,13)(H,11,12). The molecule has 100 valence electrons. The van der Waals surface area contributed by atoms with Gasteiger partial charge in [-0.25, -0.2) is 9.52 Å². The molecule has 0 heterocycles. The van der Waals surface area contributed by atoms with Crippen LogP contribution in [0.15, 0.2) is 0 Å². The molecule has 1 atom stereocenters. The molecule has 0 fully saturated rings. The maximum absolute atomic E-state index is 11.5. The Labute approximate surface area is 99.7 Å². The minimum absolute atomic E-state index is 0.0383. The molecule has 0 bridgehead atoms. The Hall–Kier alpha value is -1.35. The molecule has 0 aromatic heterocycles. The quantitative estimate of drug-likeness (QED) is 0.679. The molecule has 9 heteroatoms. The van der Waals surface area contributed by atoms with Crippen LogP contribution in [0.4, 0.5) is 4.79 Å². The largest absolute Gasteiger partial charge is 0.481 e. The van der Waals surface area contributed by atoms with Gasteiger partial charge in [-0.15, -0.1) is 0 Å². The molecule has 1 amide bonds. The summed E-state index contributed by atoms with van der Waals surface area (Å²) in [4.78, 5) is 21.5. The van der Waals surface area contributed by atoms with Gasteiger partial charge in [0.15, 0.2) is 0 Å². The van der Waals surface area contributed by atoms with Crippen LogP contribution in [0.5, 0.6) is 0 Å². The van der Waals surface area contributed by atoms with Crippen LogP contribution in [0.1, 0.15) is 13.8 Å². The molecule has 0 aliphatic carbocycles. The zero-order chi connectivity index (χ0) is 13.6. The summed E-state index contributed by atoms with van der Waals surface area (Å²) < 4.78 is 29.8. The van der Waals surface area contributed by atoms with E-state index in [1.165, 1.54) is 20.9 Å². The number of amides is 1. The van der Waals surface area contributed by atoms with Crippen molar-refractivity contribution in [2.24, 2.45) is 5.92 Å². The molecule has 0 saturated carbocycles. The normalized spacial score (nSPS) is 13.2. The second-order valence-corrected chi connectivity index (χ2v) is 5.12. The maximum atomic E-state index is 11.5. The molecule has 0 radical (unpaired) electrons. The van der Waals surface area contributed by atoms with Crippen LogP contribution in [0.3, 0.4) is 0 Å². The average Bonchev–Trinajstić information content (AvgIpc) is 2.16. The third-order valence-corrected chi connectivity index (χ3v) is 3.24. The topological polar surface area (TPSA) is 113 Å². The second-order valence-electron chi connectivity index (χ2n) is 3.35. The molecular formula is C8H16N2O6S. The van der Waals surface area contributed by atoms with Crippen LogP contribution in [0.25, 0.3) is 0 Å². The minimum Gasteiger partial charge on any atom is -0.481 e. The summed E-state index contributed by atoms with van der Waals surface area (Å²) in [6.07, 6.45) is -1.10. The fourth-order valence-corrected chi connectivity index (χ4v) is 1.75. The summed E-state index contributed by atoms with van der Waals surface area (Å²) in [5.41, 5.74) is 0. The maximum Gasteiger partial charge on any atom is 0.421 e. The van der Waals surface area contributed by atoms with Gasteiger partial charge in [-0.05, 0) is 6.92 Å². The van der Waals surface area contributed by atoms with Gasteiger partial charge in [0.05, 0.1) is 12.5 Å². The number of carboxylic acid groups (broad SMARTS) is 1. The van der Waals surface area contributed by atoms with E-state index in [-0.39, 0.29) is 13.2 Å². The van der Waals surface area contributed by atoms with Crippen molar-refractivity contribution in [2.75, 3.05) is 20.2 Å². The molecule has 0 aliphatic rings. The number of ether oxygens (including phenoxy) is 1. The Kier molecular flexibility index (Phi) is 5.89. The minimum atomic E-state index is -4.06. The zero-order valence-electron chi connectivity index (χ0n) is 9.84. The number of carboxylic acids is 1. The van der Waals surface area contributed by atoms with Gasteiger partial charge in [0.2, 0.25) is 0 Å². The molecule has 2 N–H and O–H groups in total. The summed E-state index contributed by atoms with van der Waals surface area (Å²) in [5.74, 6) is -2.00. The monoisotopic (exact) mass is 268 g/mol. The van der Waals surface area contributed by atoms with Crippen LogP contribution in [-0.2, 0) is 19.7 Å². The second kappa shape index (κ2) is 6.40. The molecule has 0 spiro atoms. The van der Waals surface area contributed by atoms with Crippen LogP contribution in [0, 0.1) is 5.92 Å².